The van der Waals surface area contributed by atoms with Crippen molar-refractivity contribution in [2.75, 3.05) is 0 Å². The molecular formula is C38H34N4O8S2. The summed E-state index contributed by atoms with van der Waals surface area (Å²) in [6.07, 6.45) is 2.74. The topological polar surface area (TPSA) is 170 Å². The summed E-state index contributed by atoms with van der Waals surface area (Å²) >= 11 is 0. The van der Waals surface area contributed by atoms with E-state index in [2.05, 4.69) is 21.1 Å². The quantitative estimate of drug-likeness (QED) is 0.0670. The van der Waals surface area contributed by atoms with E-state index in [-0.39, 0.29) is 27.7 Å². The smallest absolute Gasteiger partial charge is 0.339 e. The standard InChI is InChI=1S/C38H34N4O8S2/c1-27-8-20-34(21-9-27)51(45,46)49-32-16-12-30(13-17-32)25-39-41-37(43)36(24-29-6-4-3-5-7-29)38(44)42-40-26-31-14-18-33(19-15-31)50-52(47,48)35-22-10-28(2)11-23-35/h3-23,25-26,36H,24H2,1-2H3,(H,41,43)(H,42,44)/b39-25+,40-26+. The molecule has 0 fully saturated rings. The van der Waals surface area contributed by atoms with Crippen LogP contribution in [0, 0.1) is 19.8 Å². The van der Waals surface area contributed by atoms with Crippen LogP contribution in [0.1, 0.15) is 27.8 Å². The van der Waals surface area contributed by atoms with E-state index in [9.17, 15) is 26.4 Å². The van der Waals surface area contributed by atoms with Crippen molar-refractivity contribution in [1.29, 1.82) is 0 Å². The highest BCUT2D eigenvalue weighted by Crippen LogP contribution is 2.21. The molecule has 0 saturated carbocycles. The molecule has 0 atom stereocenters. The van der Waals surface area contributed by atoms with E-state index in [0.29, 0.717) is 11.1 Å². The van der Waals surface area contributed by atoms with Crippen LogP contribution in [0.5, 0.6) is 11.5 Å². The van der Waals surface area contributed by atoms with Crippen molar-refractivity contribution in [3.05, 3.63) is 155 Å². The lowest BCUT2D eigenvalue weighted by atomic mass is 9.98. The molecule has 0 radical (unpaired) electrons. The average Bonchev–Trinajstić information content (AvgIpc) is 3.12. The summed E-state index contributed by atoms with van der Waals surface area (Å²) < 4.78 is 60.7. The van der Waals surface area contributed by atoms with Crippen LogP contribution in [-0.4, -0.2) is 41.1 Å². The maximum Gasteiger partial charge on any atom is 0.339 e. The van der Waals surface area contributed by atoms with Crippen LogP contribution in [0.25, 0.3) is 0 Å². The van der Waals surface area contributed by atoms with Crippen LogP contribution in [0.2, 0.25) is 0 Å². The molecule has 0 aliphatic heterocycles. The van der Waals surface area contributed by atoms with Gasteiger partial charge in [-0.3, -0.25) is 9.59 Å². The summed E-state index contributed by atoms with van der Waals surface area (Å²) in [7, 11) is -8.04. The van der Waals surface area contributed by atoms with E-state index >= 15 is 0 Å². The minimum absolute atomic E-state index is 0.0275. The van der Waals surface area contributed by atoms with Gasteiger partial charge in [0.1, 0.15) is 27.2 Å². The van der Waals surface area contributed by atoms with Gasteiger partial charge in [0.25, 0.3) is 11.8 Å². The van der Waals surface area contributed by atoms with Gasteiger partial charge in [-0.05, 0) is 110 Å². The normalized spacial score (nSPS) is 11.8. The lowest BCUT2D eigenvalue weighted by Crippen LogP contribution is -2.39. The lowest BCUT2D eigenvalue weighted by molar-refractivity contribution is -0.135. The van der Waals surface area contributed by atoms with Gasteiger partial charge in [0.15, 0.2) is 0 Å². The number of carbonyl (C=O) groups excluding carboxylic acids is 2. The van der Waals surface area contributed by atoms with E-state index in [1.165, 1.54) is 61.0 Å². The lowest BCUT2D eigenvalue weighted by Gasteiger charge is -2.13. The zero-order valence-electron chi connectivity index (χ0n) is 28.0. The number of benzene rings is 5. The SMILES string of the molecule is Cc1ccc(S(=O)(=O)Oc2ccc(/C=N/NC(=O)C(Cc3ccccc3)C(=O)N/N=C/c3ccc(OS(=O)(=O)c4ccc(C)cc4)cc3)cc2)cc1. The van der Waals surface area contributed by atoms with Crippen LogP contribution in [0.3, 0.4) is 0 Å². The van der Waals surface area contributed by atoms with E-state index in [4.69, 9.17) is 8.37 Å². The molecule has 5 aromatic rings. The monoisotopic (exact) mass is 738 g/mol. The molecule has 0 spiro atoms. The summed E-state index contributed by atoms with van der Waals surface area (Å²) in [6.45, 7) is 3.70. The number of aryl methyl sites for hydroxylation is 2. The van der Waals surface area contributed by atoms with Gasteiger partial charge in [-0.1, -0.05) is 65.7 Å². The molecule has 0 saturated heterocycles. The molecule has 0 aliphatic carbocycles. The van der Waals surface area contributed by atoms with Crippen molar-refractivity contribution in [3.63, 3.8) is 0 Å². The number of carbonyl (C=O) groups is 2. The average molecular weight is 739 g/mol. The number of rotatable bonds is 14. The third-order valence-corrected chi connectivity index (χ3v) is 10.0. The Labute approximate surface area is 302 Å². The number of hydrogen-bond donors (Lipinski definition) is 2. The van der Waals surface area contributed by atoms with Crippen molar-refractivity contribution in [3.8, 4) is 11.5 Å². The minimum atomic E-state index is -4.02. The van der Waals surface area contributed by atoms with Gasteiger partial charge in [-0.25, -0.2) is 10.9 Å². The highest BCUT2D eigenvalue weighted by Gasteiger charge is 2.27. The first-order valence-electron chi connectivity index (χ1n) is 15.8. The fourth-order valence-electron chi connectivity index (χ4n) is 4.63. The van der Waals surface area contributed by atoms with Gasteiger partial charge in [0.2, 0.25) is 0 Å². The van der Waals surface area contributed by atoms with E-state index in [1.807, 2.05) is 19.9 Å². The van der Waals surface area contributed by atoms with E-state index in [0.717, 1.165) is 16.7 Å². The predicted molar refractivity (Wildman–Crippen MR) is 196 cm³/mol. The van der Waals surface area contributed by atoms with Crippen LogP contribution >= 0.6 is 0 Å². The van der Waals surface area contributed by atoms with Crippen LogP contribution < -0.4 is 19.2 Å². The van der Waals surface area contributed by atoms with Gasteiger partial charge in [0.05, 0.1) is 12.4 Å². The first-order valence-corrected chi connectivity index (χ1v) is 18.6. The molecule has 14 heteroatoms. The number of nitrogens with zero attached hydrogens (tertiary/aromatic N) is 2. The number of hydrazone groups is 2. The van der Waals surface area contributed by atoms with Gasteiger partial charge in [-0.2, -0.15) is 27.0 Å². The second-order valence-corrected chi connectivity index (χ2v) is 14.6. The van der Waals surface area contributed by atoms with E-state index in [1.54, 1.807) is 72.8 Å². The third kappa shape index (κ3) is 10.4. The molecule has 12 nitrogen and oxygen atoms in total. The minimum Gasteiger partial charge on any atom is -0.379 e. The predicted octanol–water partition coefficient (Wildman–Crippen LogP) is 5.30. The molecule has 2 N–H and O–H groups in total. The summed E-state index contributed by atoms with van der Waals surface area (Å²) in [5.74, 6) is -2.39. The zero-order valence-corrected chi connectivity index (χ0v) is 29.7. The highest BCUT2D eigenvalue weighted by molar-refractivity contribution is 7.87. The molecule has 5 rings (SSSR count). The van der Waals surface area contributed by atoms with Gasteiger partial charge in [0, 0.05) is 0 Å². The molecule has 266 valence electrons. The van der Waals surface area contributed by atoms with Crippen molar-refractivity contribution in [2.45, 2.75) is 30.1 Å². The van der Waals surface area contributed by atoms with E-state index < -0.39 is 38.0 Å². The first-order chi connectivity index (χ1) is 24.9. The van der Waals surface area contributed by atoms with Crippen LogP contribution in [-0.2, 0) is 36.2 Å². The molecule has 2 amide bonds. The molecule has 0 aromatic heterocycles. The Bertz CT molecular complexity index is 2130. The molecule has 0 aliphatic rings. The molecule has 52 heavy (non-hydrogen) atoms. The number of amides is 2. The van der Waals surface area contributed by atoms with Crippen LogP contribution in [0.15, 0.2) is 147 Å². The second-order valence-electron chi connectivity index (χ2n) is 11.5. The summed E-state index contributed by atoms with van der Waals surface area (Å²) in [6, 6.07) is 33.5. The van der Waals surface area contributed by atoms with Crippen LogP contribution in [0.4, 0.5) is 0 Å². The highest BCUT2D eigenvalue weighted by atomic mass is 32.2. The largest absolute Gasteiger partial charge is 0.379 e. The summed E-state index contributed by atoms with van der Waals surface area (Å²) in [4.78, 5) is 26.4. The van der Waals surface area contributed by atoms with Crippen molar-refractivity contribution < 1.29 is 34.8 Å². The Morgan fingerprint density at radius 3 is 1.35 bits per heavy atom. The summed E-state index contributed by atoms with van der Waals surface area (Å²) in [5.41, 5.74) is 8.39. The van der Waals surface area contributed by atoms with Crippen molar-refractivity contribution >= 4 is 44.5 Å². The molecule has 5 aromatic carbocycles. The Morgan fingerprint density at radius 1 is 0.577 bits per heavy atom. The Balaban J connectivity index is 1.18. The fraction of sp³-hybridized carbons (Fsp3) is 0.105. The number of hydrogen-bond acceptors (Lipinski definition) is 10. The molecule has 0 heterocycles. The van der Waals surface area contributed by atoms with Crippen molar-refractivity contribution in [2.24, 2.45) is 16.1 Å². The third-order valence-electron chi connectivity index (χ3n) is 7.48. The molecule has 0 bridgehead atoms. The molecule has 0 unspecified atom stereocenters. The molecular weight excluding hydrogens is 705 g/mol. The van der Waals surface area contributed by atoms with Gasteiger partial charge < -0.3 is 8.37 Å². The Morgan fingerprint density at radius 2 is 0.962 bits per heavy atom. The maximum absolute atomic E-state index is 13.2. The Hall–Kier alpha value is -6.12. The fourth-order valence-corrected chi connectivity index (χ4v) is 6.49. The van der Waals surface area contributed by atoms with Gasteiger partial charge in [-0.15, -0.1) is 0 Å². The number of nitrogens with one attached hydrogen (secondary N) is 2. The zero-order chi connectivity index (χ0) is 37.1. The van der Waals surface area contributed by atoms with Crippen molar-refractivity contribution in [1.82, 2.24) is 10.9 Å². The maximum atomic E-state index is 13.2. The first kappa shape index (κ1) is 37.1. The second kappa shape index (κ2) is 16.7. The Kier molecular flexibility index (Phi) is 11.9. The van der Waals surface area contributed by atoms with Gasteiger partial charge >= 0.3 is 20.2 Å². The summed E-state index contributed by atoms with van der Waals surface area (Å²) in [5, 5.41) is 7.95.